The van der Waals surface area contributed by atoms with E-state index >= 15 is 0 Å². The summed E-state index contributed by atoms with van der Waals surface area (Å²) in [4.78, 5) is 2.31. The summed E-state index contributed by atoms with van der Waals surface area (Å²) in [6, 6.07) is 7.22. The summed E-state index contributed by atoms with van der Waals surface area (Å²) in [5.74, 6) is 0. The van der Waals surface area contributed by atoms with E-state index in [9.17, 15) is 0 Å². The van der Waals surface area contributed by atoms with E-state index in [1.807, 2.05) is 0 Å². The van der Waals surface area contributed by atoms with Crippen molar-refractivity contribution in [2.45, 2.75) is 57.8 Å². The fourth-order valence-electron chi connectivity index (χ4n) is 3.26. The first-order valence-electron chi connectivity index (χ1n) is 7.86. The molecule has 1 saturated heterocycles. The topological polar surface area (TPSA) is 21.7 Å². The van der Waals surface area contributed by atoms with Crippen molar-refractivity contribution in [3.8, 4) is 0 Å². The number of rotatable bonds is 2. The second kappa shape index (κ2) is 4.84. The van der Waals surface area contributed by atoms with Crippen LogP contribution in [0.5, 0.6) is 0 Å². The first kappa shape index (κ1) is 15.1. The summed E-state index contributed by atoms with van der Waals surface area (Å²) in [5, 5.41) is 0. The number of benzene rings is 1. The van der Waals surface area contributed by atoms with Crippen molar-refractivity contribution in [1.29, 1.82) is 0 Å². The normalized spacial score (nSPS) is 26.4. The minimum absolute atomic E-state index is 0.260. The van der Waals surface area contributed by atoms with Crippen molar-refractivity contribution in [1.82, 2.24) is 4.90 Å². The first-order valence-corrected chi connectivity index (χ1v) is 7.86. The Balaban J connectivity index is 1.91. The third-order valence-electron chi connectivity index (χ3n) is 5.36. The van der Waals surface area contributed by atoms with Crippen molar-refractivity contribution in [3.63, 3.8) is 0 Å². The zero-order valence-electron chi connectivity index (χ0n) is 14.1. The minimum Gasteiger partial charge on any atom is -0.399 e. The summed E-state index contributed by atoms with van der Waals surface area (Å²) < 4.78 is 12.3. The highest BCUT2D eigenvalue weighted by molar-refractivity contribution is 6.62. The third-order valence-corrected chi connectivity index (χ3v) is 5.36. The van der Waals surface area contributed by atoms with Crippen LogP contribution in [0.2, 0.25) is 0 Å². The smallest absolute Gasteiger partial charge is 0.399 e. The van der Waals surface area contributed by atoms with Crippen molar-refractivity contribution in [2.75, 3.05) is 14.1 Å². The molecule has 1 aliphatic carbocycles. The van der Waals surface area contributed by atoms with Crippen molar-refractivity contribution >= 4 is 12.6 Å². The maximum absolute atomic E-state index is 6.17. The van der Waals surface area contributed by atoms with E-state index in [4.69, 9.17) is 9.31 Å². The van der Waals surface area contributed by atoms with Gasteiger partial charge in [-0.05, 0) is 71.2 Å². The number of hydrogen-bond acceptors (Lipinski definition) is 3. The van der Waals surface area contributed by atoms with Gasteiger partial charge in [0.2, 0.25) is 0 Å². The second-order valence-corrected chi connectivity index (χ2v) is 7.56. The average molecular weight is 287 g/mol. The van der Waals surface area contributed by atoms with Gasteiger partial charge in [-0.3, -0.25) is 0 Å². The third kappa shape index (κ3) is 2.43. The molecular weight excluding hydrogens is 261 g/mol. The number of hydrogen-bond donors (Lipinski definition) is 0. The lowest BCUT2D eigenvalue weighted by atomic mass is 9.77. The van der Waals surface area contributed by atoms with Crippen LogP contribution < -0.4 is 5.46 Å². The Hall–Kier alpha value is -0.835. The van der Waals surface area contributed by atoms with Gasteiger partial charge in [0.25, 0.3) is 0 Å². The standard InChI is InChI=1S/C17H26BNO2/c1-16(2)17(3,4)21-18(20-16)13-9-7-12-8-10-15(19(5)6)14(12)11-13/h7,9,11,15H,8,10H2,1-6H3. The van der Waals surface area contributed by atoms with E-state index in [0.717, 1.165) is 5.46 Å². The van der Waals surface area contributed by atoms with Gasteiger partial charge in [0.15, 0.2) is 0 Å². The molecule has 1 unspecified atom stereocenters. The number of aryl methyl sites for hydroxylation is 1. The largest absolute Gasteiger partial charge is 0.494 e. The Morgan fingerprint density at radius 1 is 1.10 bits per heavy atom. The van der Waals surface area contributed by atoms with Crippen LogP contribution in [0, 0.1) is 0 Å². The average Bonchev–Trinajstić information content (AvgIpc) is 2.87. The van der Waals surface area contributed by atoms with E-state index in [-0.39, 0.29) is 18.3 Å². The molecule has 1 aromatic rings. The van der Waals surface area contributed by atoms with E-state index in [1.54, 1.807) is 0 Å². The Kier molecular flexibility index (Phi) is 3.47. The molecule has 1 fully saturated rings. The van der Waals surface area contributed by atoms with Crippen LogP contribution in [-0.4, -0.2) is 37.3 Å². The summed E-state index contributed by atoms with van der Waals surface area (Å²) >= 11 is 0. The summed E-state index contributed by atoms with van der Waals surface area (Å²) in [5.41, 5.74) is 3.48. The van der Waals surface area contributed by atoms with Gasteiger partial charge in [0.1, 0.15) is 0 Å². The van der Waals surface area contributed by atoms with Crippen molar-refractivity contribution in [2.24, 2.45) is 0 Å². The van der Waals surface area contributed by atoms with Gasteiger partial charge in [-0.2, -0.15) is 0 Å². The highest BCUT2D eigenvalue weighted by Gasteiger charge is 2.51. The molecule has 0 radical (unpaired) electrons. The molecule has 0 saturated carbocycles. The van der Waals surface area contributed by atoms with Gasteiger partial charge < -0.3 is 14.2 Å². The zero-order chi connectivity index (χ0) is 15.4. The van der Waals surface area contributed by atoms with E-state index in [0.29, 0.717) is 6.04 Å². The number of fused-ring (bicyclic) bond motifs is 1. The van der Waals surface area contributed by atoms with Gasteiger partial charge >= 0.3 is 7.12 Å². The Morgan fingerprint density at radius 3 is 2.29 bits per heavy atom. The second-order valence-electron chi connectivity index (χ2n) is 7.56. The molecule has 0 bridgehead atoms. The van der Waals surface area contributed by atoms with Crippen LogP contribution in [-0.2, 0) is 15.7 Å². The molecule has 2 aliphatic rings. The molecule has 114 valence electrons. The van der Waals surface area contributed by atoms with E-state index < -0.39 is 0 Å². The molecule has 21 heavy (non-hydrogen) atoms. The molecule has 1 atom stereocenters. The van der Waals surface area contributed by atoms with Gasteiger partial charge in [0.05, 0.1) is 11.2 Å². The fourth-order valence-corrected chi connectivity index (χ4v) is 3.26. The van der Waals surface area contributed by atoms with Crippen LogP contribution >= 0.6 is 0 Å². The molecule has 1 aromatic carbocycles. The lowest BCUT2D eigenvalue weighted by molar-refractivity contribution is 0.00578. The quantitative estimate of drug-likeness (QED) is 0.780. The highest BCUT2D eigenvalue weighted by atomic mass is 16.7. The molecule has 4 heteroatoms. The lowest BCUT2D eigenvalue weighted by Crippen LogP contribution is -2.41. The molecule has 0 aromatic heterocycles. The fraction of sp³-hybridized carbons (Fsp3) is 0.647. The molecule has 1 heterocycles. The predicted octanol–water partition coefficient (Wildman–Crippen LogP) is 2.53. The van der Waals surface area contributed by atoms with E-state index in [2.05, 4.69) is 64.9 Å². The van der Waals surface area contributed by atoms with E-state index in [1.165, 1.54) is 24.0 Å². The van der Waals surface area contributed by atoms with Crippen LogP contribution in [0.15, 0.2) is 18.2 Å². The maximum Gasteiger partial charge on any atom is 0.494 e. The number of nitrogens with zero attached hydrogens (tertiary/aromatic N) is 1. The van der Waals surface area contributed by atoms with Gasteiger partial charge in [0, 0.05) is 6.04 Å². The summed E-state index contributed by atoms with van der Waals surface area (Å²) in [6.45, 7) is 8.40. The Labute approximate surface area is 128 Å². The molecule has 0 N–H and O–H groups in total. The molecule has 3 nitrogen and oxygen atoms in total. The van der Waals surface area contributed by atoms with Crippen LogP contribution in [0.1, 0.15) is 51.3 Å². The maximum atomic E-state index is 6.17. The molecule has 0 amide bonds. The summed E-state index contributed by atoms with van der Waals surface area (Å²) in [7, 11) is 4.05. The minimum atomic E-state index is -0.280. The highest BCUT2D eigenvalue weighted by Crippen LogP contribution is 2.38. The van der Waals surface area contributed by atoms with Crippen molar-refractivity contribution in [3.05, 3.63) is 29.3 Å². The van der Waals surface area contributed by atoms with Gasteiger partial charge in [-0.15, -0.1) is 0 Å². The first-order chi connectivity index (χ1) is 9.71. The van der Waals surface area contributed by atoms with Gasteiger partial charge in [-0.25, -0.2) is 0 Å². The van der Waals surface area contributed by atoms with Crippen LogP contribution in [0.4, 0.5) is 0 Å². The molecule has 1 aliphatic heterocycles. The Morgan fingerprint density at radius 2 is 1.71 bits per heavy atom. The zero-order valence-corrected chi connectivity index (χ0v) is 14.1. The van der Waals surface area contributed by atoms with Gasteiger partial charge in [-0.1, -0.05) is 18.2 Å². The monoisotopic (exact) mass is 287 g/mol. The molecule has 3 rings (SSSR count). The summed E-state index contributed by atoms with van der Waals surface area (Å²) in [6.07, 6.45) is 2.37. The lowest BCUT2D eigenvalue weighted by Gasteiger charge is -2.32. The molecule has 0 spiro atoms. The SMILES string of the molecule is CN(C)C1CCc2ccc(B3OC(C)(C)C(C)(C)O3)cc21. The predicted molar refractivity (Wildman–Crippen MR) is 86.9 cm³/mol. The Bertz CT molecular complexity index is 538. The van der Waals surface area contributed by atoms with Crippen LogP contribution in [0.3, 0.4) is 0 Å². The van der Waals surface area contributed by atoms with Crippen molar-refractivity contribution < 1.29 is 9.31 Å². The molecular formula is C17H26BNO2. The van der Waals surface area contributed by atoms with Crippen LogP contribution in [0.25, 0.3) is 0 Å².